The lowest BCUT2D eigenvalue weighted by Crippen LogP contribution is -2.05. The number of rotatable bonds is 4. The van der Waals surface area contributed by atoms with E-state index in [0.29, 0.717) is 12.5 Å². The summed E-state index contributed by atoms with van der Waals surface area (Å²) < 4.78 is 5.25. The first-order valence-electron chi connectivity index (χ1n) is 4.29. The topological polar surface area (TPSA) is 65.2 Å². The van der Waals surface area contributed by atoms with Crippen molar-refractivity contribution in [3.05, 3.63) is 30.0 Å². The molecule has 0 aliphatic carbocycles. The van der Waals surface area contributed by atoms with Crippen molar-refractivity contribution in [2.24, 2.45) is 5.73 Å². The molecule has 2 N–H and O–H groups in total. The van der Waals surface area contributed by atoms with Crippen molar-refractivity contribution < 1.29 is 9.53 Å². The normalized spacial score (nSPS) is 10.4. The Balaban J connectivity index is 2.89. The van der Waals surface area contributed by atoms with E-state index in [0.717, 1.165) is 5.56 Å². The lowest BCUT2D eigenvalue weighted by atomic mass is 10.2. The molecule has 4 heteroatoms. The number of aromatic nitrogens is 1. The molecule has 0 unspecified atom stereocenters. The van der Waals surface area contributed by atoms with Crippen LogP contribution >= 0.6 is 0 Å². The molecular weight excluding hydrogens is 180 g/mol. The fraction of sp³-hybridized carbons (Fsp3) is 0.200. The number of ether oxygens (including phenoxy) is 1. The molecule has 0 radical (unpaired) electrons. The SMILES string of the molecule is CCOc1ncccc1/C=C/C(N)=O. The maximum Gasteiger partial charge on any atom is 0.241 e. The van der Waals surface area contributed by atoms with Gasteiger partial charge in [0.2, 0.25) is 11.8 Å². The fourth-order valence-electron chi connectivity index (χ4n) is 0.959. The third-order valence-corrected chi connectivity index (χ3v) is 1.51. The lowest BCUT2D eigenvalue weighted by Gasteiger charge is -2.03. The Hall–Kier alpha value is -1.84. The molecular formula is C10H12N2O2. The van der Waals surface area contributed by atoms with Gasteiger partial charge >= 0.3 is 0 Å². The third-order valence-electron chi connectivity index (χ3n) is 1.51. The summed E-state index contributed by atoms with van der Waals surface area (Å²) in [6.45, 7) is 2.41. The number of hydrogen-bond acceptors (Lipinski definition) is 3. The summed E-state index contributed by atoms with van der Waals surface area (Å²) in [5.41, 5.74) is 5.72. The summed E-state index contributed by atoms with van der Waals surface area (Å²) in [5.74, 6) is 0.0174. The molecule has 0 spiro atoms. The van der Waals surface area contributed by atoms with Crippen molar-refractivity contribution in [2.45, 2.75) is 6.92 Å². The first-order chi connectivity index (χ1) is 6.74. The van der Waals surface area contributed by atoms with E-state index in [1.54, 1.807) is 24.4 Å². The van der Waals surface area contributed by atoms with Crippen LogP contribution in [0.4, 0.5) is 0 Å². The average molecular weight is 192 g/mol. The summed E-state index contributed by atoms with van der Waals surface area (Å²) >= 11 is 0. The average Bonchev–Trinajstić information content (AvgIpc) is 2.17. The Bertz CT molecular complexity index is 348. The Morgan fingerprint density at radius 2 is 2.50 bits per heavy atom. The zero-order chi connectivity index (χ0) is 10.4. The van der Waals surface area contributed by atoms with Gasteiger partial charge in [-0.3, -0.25) is 4.79 Å². The predicted octanol–water partition coefficient (Wildman–Crippen LogP) is 0.979. The summed E-state index contributed by atoms with van der Waals surface area (Å²) in [7, 11) is 0. The molecule has 4 nitrogen and oxygen atoms in total. The molecule has 0 aliphatic rings. The third kappa shape index (κ3) is 2.90. The number of pyridine rings is 1. The van der Waals surface area contributed by atoms with Crippen molar-refractivity contribution >= 4 is 12.0 Å². The van der Waals surface area contributed by atoms with Crippen LogP contribution in [0.1, 0.15) is 12.5 Å². The Morgan fingerprint density at radius 1 is 1.71 bits per heavy atom. The Labute approximate surface area is 82.4 Å². The lowest BCUT2D eigenvalue weighted by molar-refractivity contribution is -0.113. The van der Waals surface area contributed by atoms with E-state index in [1.807, 2.05) is 6.92 Å². The van der Waals surface area contributed by atoms with Crippen LogP contribution in [0.3, 0.4) is 0 Å². The zero-order valence-electron chi connectivity index (χ0n) is 7.93. The van der Waals surface area contributed by atoms with E-state index in [2.05, 4.69) is 4.98 Å². The van der Waals surface area contributed by atoms with Crippen molar-refractivity contribution in [2.75, 3.05) is 6.61 Å². The quantitative estimate of drug-likeness (QED) is 0.723. The fourth-order valence-corrected chi connectivity index (χ4v) is 0.959. The van der Waals surface area contributed by atoms with Crippen molar-refractivity contribution in [1.82, 2.24) is 4.98 Å². The van der Waals surface area contributed by atoms with E-state index in [1.165, 1.54) is 6.08 Å². The first kappa shape index (κ1) is 10.2. The van der Waals surface area contributed by atoms with Crippen LogP contribution in [0.2, 0.25) is 0 Å². The van der Waals surface area contributed by atoms with Gasteiger partial charge in [0.15, 0.2) is 0 Å². The van der Waals surface area contributed by atoms with Crippen LogP contribution < -0.4 is 10.5 Å². The maximum atomic E-state index is 10.5. The van der Waals surface area contributed by atoms with E-state index in [9.17, 15) is 4.79 Å². The van der Waals surface area contributed by atoms with Crippen LogP contribution in [0.25, 0.3) is 6.08 Å². The second-order valence-corrected chi connectivity index (χ2v) is 2.57. The van der Waals surface area contributed by atoms with Crippen LogP contribution in [-0.4, -0.2) is 17.5 Å². The van der Waals surface area contributed by atoms with Gasteiger partial charge in [0.1, 0.15) is 0 Å². The summed E-state index contributed by atoms with van der Waals surface area (Å²) in [6.07, 6.45) is 4.49. The van der Waals surface area contributed by atoms with Crippen molar-refractivity contribution in [3.8, 4) is 5.88 Å². The van der Waals surface area contributed by atoms with Gasteiger partial charge in [-0.1, -0.05) is 0 Å². The zero-order valence-corrected chi connectivity index (χ0v) is 7.93. The minimum Gasteiger partial charge on any atom is -0.478 e. The molecule has 0 saturated heterocycles. The molecule has 1 amide bonds. The highest BCUT2D eigenvalue weighted by Gasteiger charge is 1.99. The molecule has 1 heterocycles. The van der Waals surface area contributed by atoms with Gasteiger partial charge in [-0.25, -0.2) is 4.98 Å². The van der Waals surface area contributed by atoms with E-state index >= 15 is 0 Å². The summed E-state index contributed by atoms with van der Waals surface area (Å²) in [5, 5.41) is 0. The van der Waals surface area contributed by atoms with Gasteiger partial charge in [0.05, 0.1) is 6.61 Å². The highest BCUT2D eigenvalue weighted by Crippen LogP contribution is 2.15. The summed E-state index contributed by atoms with van der Waals surface area (Å²) in [4.78, 5) is 14.5. The minimum atomic E-state index is -0.490. The Morgan fingerprint density at radius 3 is 3.14 bits per heavy atom. The first-order valence-corrected chi connectivity index (χ1v) is 4.29. The number of nitrogens with two attached hydrogens (primary N) is 1. The molecule has 14 heavy (non-hydrogen) atoms. The van der Waals surface area contributed by atoms with Crippen LogP contribution in [0, 0.1) is 0 Å². The van der Waals surface area contributed by atoms with Gasteiger partial charge in [-0.2, -0.15) is 0 Å². The van der Waals surface area contributed by atoms with Crippen LogP contribution in [0.15, 0.2) is 24.4 Å². The predicted molar refractivity (Wildman–Crippen MR) is 53.6 cm³/mol. The van der Waals surface area contributed by atoms with E-state index < -0.39 is 5.91 Å². The van der Waals surface area contributed by atoms with E-state index in [4.69, 9.17) is 10.5 Å². The highest BCUT2D eigenvalue weighted by atomic mass is 16.5. The summed E-state index contributed by atoms with van der Waals surface area (Å²) in [6, 6.07) is 3.57. The van der Waals surface area contributed by atoms with Gasteiger partial charge in [-0.05, 0) is 25.1 Å². The number of carbonyl (C=O) groups excluding carboxylic acids is 1. The van der Waals surface area contributed by atoms with Gasteiger partial charge in [0.25, 0.3) is 0 Å². The number of carbonyl (C=O) groups is 1. The van der Waals surface area contributed by atoms with Gasteiger partial charge in [0, 0.05) is 17.8 Å². The van der Waals surface area contributed by atoms with Crippen LogP contribution in [0.5, 0.6) is 5.88 Å². The van der Waals surface area contributed by atoms with Crippen molar-refractivity contribution in [3.63, 3.8) is 0 Å². The van der Waals surface area contributed by atoms with Crippen molar-refractivity contribution in [1.29, 1.82) is 0 Å². The molecule has 1 aromatic heterocycles. The number of nitrogens with zero attached hydrogens (tertiary/aromatic N) is 1. The number of primary amides is 1. The Kier molecular flexibility index (Phi) is 3.67. The number of amides is 1. The van der Waals surface area contributed by atoms with E-state index in [-0.39, 0.29) is 0 Å². The molecule has 0 aromatic carbocycles. The van der Waals surface area contributed by atoms with Gasteiger partial charge in [-0.15, -0.1) is 0 Å². The smallest absolute Gasteiger partial charge is 0.241 e. The molecule has 0 atom stereocenters. The second-order valence-electron chi connectivity index (χ2n) is 2.57. The molecule has 1 aromatic rings. The molecule has 0 bridgehead atoms. The van der Waals surface area contributed by atoms with Crippen LogP contribution in [-0.2, 0) is 4.79 Å². The molecule has 1 rings (SSSR count). The minimum absolute atomic E-state index is 0.490. The molecule has 0 saturated carbocycles. The largest absolute Gasteiger partial charge is 0.478 e. The standard InChI is InChI=1S/C10H12N2O2/c1-2-14-10-8(4-3-7-12-10)5-6-9(11)13/h3-7H,2H2,1H3,(H2,11,13)/b6-5+. The highest BCUT2D eigenvalue weighted by molar-refractivity contribution is 5.90. The monoisotopic (exact) mass is 192 g/mol. The number of hydrogen-bond donors (Lipinski definition) is 1. The second kappa shape index (κ2) is 5.01. The molecule has 74 valence electrons. The molecule has 0 fully saturated rings. The van der Waals surface area contributed by atoms with Gasteiger partial charge < -0.3 is 10.5 Å². The maximum absolute atomic E-state index is 10.5. The molecule has 0 aliphatic heterocycles.